The van der Waals surface area contributed by atoms with Crippen LogP contribution in [0.15, 0.2) is 72.8 Å². The molecule has 0 unspecified atom stereocenters. The minimum absolute atomic E-state index is 0.260. The third-order valence-corrected chi connectivity index (χ3v) is 4.51. The van der Waals surface area contributed by atoms with Gasteiger partial charge in [-0.3, -0.25) is 4.79 Å². The van der Waals surface area contributed by atoms with Gasteiger partial charge in [0.15, 0.2) is 0 Å². The van der Waals surface area contributed by atoms with Crippen LogP contribution in [0.25, 0.3) is 0 Å². The van der Waals surface area contributed by atoms with Crippen molar-refractivity contribution in [3.63, 3.8) is 0 Å². The van der Waals surface area contributed by atoms with Crippen LogP contribution in [-0.4, -0.2) is 5.91 Å². The summed E-state index contributed by atoms with van der Waals surface area (Å²) in [6.45, 7) is 0.774. The van der Waals surface area contributed by atoms with E-state index in [4.69, 9.17) is 27.9 Å². The molecule has 0 atom stereocenters. The van der Waals surface area contributed by atoms with Crippen LogP contribution in [0.4, 0.5) is 0 Å². The Hall–Kier alpha value is -2.49. The molecule has 3 aromatic carbocycles. The Balaban J connectivity index is 1.61. The zero-order valence-corrected chi connectivity index (χ0v) is 15.4. The van der Waals surface area contributed by atoms with E-state index in [-0.39, 0.29) is 5.91 Å². The number of benzene rings is 3. The molecule has 5 heteroatoms. The fraction of sp³-hybridized carbons (Fsp3) is 0.0952. The maximum absolute atomic E-state index is 12.4. The minimum atomic E-state index is -0.260. The zero-order chi connectivity index (χ0) is 18.4. The molecule has 0 aliphatic rings. The normalized spacial score (nSPS) is 10.4. The maximum Gasteiger partial charge on any atom is 0.253 e. The molecule has 3 aromatic rings. The molecule has 0 spiro atoms. The molecule has 1 amide bonds. The van der Waals surface area contributed by atoms with Gasteiger partial charge in [-0.25, -0.2) is 0 Å². The van der Waals surface area contributed by atoms with E-state index in [9.17, 15) is 4.79 Å². The minimum Gasteiger partial charge on any atom is -0.489 e. The SMILES string of the molecule is O=C(NCc1ccccc1Cl)c1ccc(OCc2ccccc2)cc1Cl. The van der Waals surface area contributed by atoms with Gasteiger partial charge in [0.1, 0.15) is 12.4 Å². The van der Waals surface area contributed by atoms with Crippen molar-refractivity contribution in [3.8, 4) is 5.75 Å². The predicted octanol–water partition coefficient (Wildman–Crippen LogP) is 5.50. The molecule has 0 heterocycles. The third kappa shape index (κ3) is 4.78. The van der Waals surface area contributed by atoms with Crippen molar-refractivity contribution in [2.45, 2.75) is 13.2 Å². The lowest BCUT2D eigenvalue weighted by atomic mass is 10.2. The van der Waals surface area contributed by atoms with E-state index < -0.39 is 0 Å². The number of rotatable bonds is 6. The van der Waals surface area contributed by atoms with Gasteiger partial charge in [-0.1, -0.05) is 71.7 Å². The Bertz CT molecular complexity index is 898. The van der Waals surface area contributed by atoms with Gasteiger partial charge in [0.05, 0.1) is 10.6 Å². The van der Waals surface area contributed by atoms with E-state index in [1.165, 1.54) is 0 Å². The lowest BCUT2D eigenvalue weighted by Crippen LogP contribution is -2.23. The molecule has 0 bridgehead atoms. The average Bonchev–Trinajstić information content (AvgIpc) is 2.66. The number of hydrogen-bond acceptors (Lipinski definition) is 2. The number of hydrogen-bond donors (Lipinski definition) is 1. The van der Waals surface area contributed by atoms with Crippen molar-refractivity contribution in [1.82, 2.24) is 5.32 Å². The number of carbonyl (C=O) groups excluding carboxylic acids is 1. The third-order valence-electron chi connectivity index (χ3n) is 3.83. The predicted molar refractivity (Wildman–Crippen MR) is 105 cm³/mol. The van der Waals surface area contributed by atoms with E-state index in [2.05, 4.69) is 5.32 Å². The number of carbonyl (C=O) groups is 1. The van der Waals surface area contributed by atoms with Crippen LogP contribution >= 0.6 is 23.2 Å². The molecule has 0 saturated heterocycles. The molecule has 0 fully saturated rings. The van der Waals surface area contributed by atoms with Crippen molar-refractivity contribution < 1.29 is 9.53 Å². The van der Waals surface area contributed by atoms with Gasteiger partial charge in [-0.05, 0) is 35.4 Å². The van der Waals surface area contributed by atoms with E-state index in [1.807, 2.05) is 48.5 Å². The second kappa shape index (κ2) is 8.75. The summed E-state index contributed by atoms with van der Waals surface area (Å²) in [7, 11) is 0. The second-order valence-corrected chi connectivity index (χ2v) is 6.50. The Kier molecular flexibility index (Phi) is 6.16. The first-order chi connectivity index (χ1) is 12.6. The molecule has 132 valence electrons. The van der Waals surface area contributed by atoms with Crippen molar-refractivity contribution in [2.75, 3.05) is 0 Å². The van der Waals surface area contributed by atoms with Gasteiger partial charge in [-0.15, -0.1) is 0 Å². The summed E-state index contributed by atoms with van der Waals surface area (Å²) in [5, 5.41) is 3.78. The van der Waals surface area contributed by atoms with Crippen LogP contribution in [0.5, 0.6) is 5.75 Å². The fourth-order valence-electron chi connectivity index (χ4n) is 2.42. The molecule has 0 aromatic heterocycles. The fourth-order valence-corrected chi connectivity index (χ4v) is 2.88. The van der Waals surface area contributed by atoms with Crippen molar-refractivity contribution in [3.05, 3.63) is 99.5 Å². The summed E-state index contributed by atoms with van der Waals surface area (Å²) in [6, 6.07) is 22.2. The summed E-state index contributed by atoms with van der Waals surface area (Å²) >= 11 is 12.3. The first-order valence-electron chi connectivity index (χ1n) is 8.11. The molecular formula is C21H17Cl2NO2. The topological polar surface area (TPSA) is 38.3 Å². The summed E-state index contributed by atoms with van der Waals surface area (Å²) in [5.41, 5.74) is 2.30. The van der Waals surface area contributed by atoms with Crippen LogP contribution in [0, 0.1) is 0 Å². The molecule has 0 aliphatic heterocycles. The van der Waals surface area contributed by atoms with E-state index >= 15 is 0 Å². The number of amides is 1. The van der Waals surface area contributed by atoms with E-state index in [0.29, 0.717) is 34.5 Å². The summed E-state index contributed by atoms with van der Waals surface area (Å²) in [4.78, 5) is 12.4. The first kappa shape index (κ1) is 18.3. The molecule has 3 rings (SSSR count). The highest BCUT2D eigenvalue weighted by Crippen LogP contribution is 2.24. The van der Waals surface area contributed by atoms with Gasteiger partial charge in [0.25, 0.3) is 5.91 Å². The standard InChI is InChI=1S/C21H17Cl2NO2/c22-19-9-5-4-8-16(19)13-24-21(25)18-11-10-17(12-20(18)23)26-14-15-6-2-1-3-7-15/h1-12H,13-14H2,(H,24,25). The lowest BCUT2D eigenvalue weighted by molar-refractivity contribution is 0.0951. The lowest BCUT2D eigenvalue weighted by Gasteiger charge is -2.10. The number of nitrogens with one attached hydrogen (secondary N) is 1. The summed E-state index contributed by atoms with van der Waals surface area (Å²) in [6.07, 6.45) is 0. The first-order valence-corrected chi connectivity index (χ1v) is 8.87. The Labute approximate surface area is 162 Å². The zero-order valence-electron chi connectivity index (χ0n) is 13.9. The van der Waals surface area contributed by atoms with Crippen LogP contribution in [0.2, 0.25) is 10.0 Å². The molecule has 3 nitrogen and oxygen atoms in total. The smallest absolute Gasteiger partial charge is 0.253 e. The highest BCUT2D eigenvalue weighted by atomic mass is 35.5. The number of halogens is 2. The Morgan fingerprint density at radius 2 is 1.62 bits per heavy atom. The van der Waals surface area contributed by atoms with Crippen molar-refractivity contribution in [1.29, 1.82) is 0 Å². The van der Waals surface area contributed by atoms with E-state index in [0.717, 1.165) is 11.1 Å². The van der Waals surface area contributed by atoms with Gasteiger partial charge >= 0.3 is 0 Å². The Morgan fingerprint density at radius 3 is 2.35 bits per heavy atom. The largest absolute Gasteiger partial charge is 0.489 e. The van der Waals surface area contributed by atoms with Gasteiger partial charge in [0.2, 0.25) is 0 Å². The monoisotopic (exact) mass is 385 g/mol. The average molecular weight is 386 g/mol. The molecular weight excluding hydrogens is 369 g/mol. The van der Waals surface area contributed by atoms with Crippen LogP contribution in [0.1, 0.15) is 21.5 Å². The molecule has 0 saturated carbocycles. The molecule has 0 aliphatic carbocycles. The second-order valence-electron chi connectivity index (χ2n) is 5.69. The molecule has 0 radical (unpaired) electrons. The maximum atomic E-state index is 12.4. The highest BCUT2D eigenvalue weighted by molar-refractivity contribution is 6.34. The van der Waals surface area contributed by atoms with Gasteiger partial charge < -0.3 is 10.1 Å². The van der Waals surface area contributed by atoms with E-state index in [1.54, 1.807) is 24.3 Å². The van der Waals surface area contributed by atoms with Gasteiger partial charge in [-0.2, -0.15) is 0 Å². The number of ether oxygens (including phenoxy) is 1. The van der Waals surface area contributed by atoms with Crippen LogP contribution < -0.4 is 10.1 Å². The van der Waals surface area contributed by atoms with Crippen LogP contribution in [-0.2, 0) is 13.2 Å². The summed E-state index contributed by atoms with van der Waals surface area (Å²) < 4.78 is 5.72. The summed E-state index contributed by atoms with van der Waals surface area (Å²) in [5.74, 6) is 0.353. The highest BCUT2D eigenvalue weighted by Gasteiger charge is 2.12. The van der Waals surface area contributed by atoms with Crippen molar-refractivity contribution >= 4 is 29.1 Å². The molecule has 26 heavy (non-hydrogen) atoms. The quantitative estimate of drug-likeness (QED) is 0.607. The molecule has 1 N–H and O–H groups in total. The van der Waals surface area contributed by atoms with Gasteiger partial charge in [0, 0.05) is 11.6 Å². The van der Waals surface area contributed by atoms with Crippen molar-refractivity contribution in [2.24, 2.45) is 0 Å². The van der Waals surface area contributed by atoms with Crippen LogP contribution in [0.3, 0.4) is 0 Å². The Morgan fingerprint density at radius 1 is 0.885 bits per heavy atom.